The number of rotatable bonds is 4. The fourth-order valence-electron chi connectivity index (χ4n) is 3.20. The highest BCUT2D eigenvalue weighted by atomic mass is 19.1. The lowest BCUT2D eigenvalue weighted by molar-refractivity contribution is 0.0928. The van der Waals surface area contributed by atoms with E-state index in [9.17, 15) is 18.4 Å². The first-order valence-corrected chi connectivity index (χ1v) is 8.71. The molecule has 0 bridgehead atoms. The molecule has 0 radical (unpaired) electrons. The van der Waals surface area contributed by atoms with Crippen molar-refractivity contribution in [3.63, 3.8) is 0 Å². The minimum absolute atomic E-state index is 0.115. The number of hydrogen-bond acceptors (Lipinski definition) is 2. The molecule has 26 heavy (non-hydrogen) atoms. The average Bonchev–Trinajstić information content (AvgIpc) is 2.63. The number of carbonyl (C=O) groups is 2. The summed E-state index contributed by atoms with van der Waals surface area (Å²) in [6.45, 7) is 0. The number of anilines is 1. The fourth-order valence-corrected chi connectivity index (χ4v) is 3.20. The summed E-state index contributed by atoms with van der Waals surface area (Å²) in [6, 6.07) is 9.76. The molecule has 4 nitrogen and oxygen atoms in total. The summed E-state index contributed by atoms with van der Waals surface area (Å²) >= 11 is 0. The summed E-state index contributed by atoms with van der Waals surface area (Å²) in [5.41, 5.74) is -0.188. The first-order chi connectivity index (χ1) is 12.6. The molecule has 0 unspecified atom stereocenters. The van der Waals surface area contributed by atoms with Crippen molar-refractivity contribution in [1.82, 2.24) is 5.32 Å². The quantitative estimate of drug-likeness (QED) is 0.857. The van der Waals surface area contributed by atoms with Gasteiger partial charge in [-0.1, -0.05) is 37.5 Å². The van der Waals surface area contributed by atoms with Gasteiger partial charge in [0.05, 0.1) is 11.3 Å². The standard InChI is InChI=1S/C20H20F2N2O2/c21-15-10-6-11-16(22)18(15)20(26)24-17-12-5-4-9-14(17)19(25)23-13-7-2-1-3-8-13/h4-6,9-13H,1-3,7-8H2,(H,23,25)(H,24,26). The third kappa shape index (κ3) is 4.07. The topological polar surface area (TPSA) is 58.2 Å². The van der Waals surface area contributed by atoms with Gasteiger partial charge in [-0.3, -0.25) is 9.59 Å². The Balaban J connectivity index is 1.78. The number of amides is 2. The van der Waals surface area contributed by atoms with Gasteiger partial charge in [-0.05, 0) is 37.1 Å². The second-order valence-corrected chi connectivity index (χ2v) is 6.40. The van der Waals surface area contributed by atoms with Crippen molar-refractivity contribution in [3.05, 3.63) is 65.2 Å². The van der Waals surface area contributed by atoms with E-state index in [1.165, 1.54) is 18.6 Å². The number of nitrogens with one attached hydrogen (secondary N) is 2. The van der Waals surface area contributed by atoms with Gasteiger partial charge in [0.25, 0.3) is 11.8 Å². The molecule has 2 aromatic carbocycles. The molecular weight excluding hydrogens is 338 g/mol. The van der Waals surface area contributed by atoms with Crippen LogP contribution in [0.4, 0.5) is 14.5 Å². The maximum atomic E-state index is 13.8. The summed E-state index contributed by atoms with van der Waals surface area (Å²) in [6.07, 6.45) is 5.19. The third-order valence-electron chi connectivity index (χ3n) is 4.55. The highest BCUT2D eigenvalue weighted by Gasteiger charge is 2.21. The molecule has 2 aromatic rings. The van der Waals surface area contributed by atoms with Gasteiger partial charge in [0.2, 0.25) is 0 Å². The van der Waals surface area contributed by atoms with Crippen molar-refractivity contribution in [1.29, 1.82) is 0 Å². The summed E-state index contributed by atoms with van der Waals surface area (Å²) in [5.74, 6) is -3.14. The van der Waals surface area contributed by atoms with Gasteiger partial charge in [0.15, 0.2) is 0 Å². The average molecular weight is 358 g/mol. The van der Waals surface area contributed by atoms with Crippen molar-refractivity contribution in [2.24, 2.45) is 0 Å². The Bertz CT molecular complexity index is 797. The zero-order valence-electron chi connectivity index (χ0n) is 14.2. The van der Waals surface area contributed by atoms with Crippen molar-refractivity contribution >= 4 is 17.5 Å². The van der Waals surface area contributed by atoms with Gasteiger partial charge in [-0.25, -0.2) is 8.78 Å². The van der Waals surface area contributed by atoms with E-state index in [1.54, 1.807) is 18.2 Å². The predicted octanol–water partition coefficient (Wildman–Crippen LogP) is 4.28. The minimum atomic E-state index is -0.952. The second kappa shape index (κ2) is 8.08. The van der Waals surface area contributed by atoms with Crippen LogP contribution in [0.5, 0.6) is 0 Å². The Morgan fingerprint density at radius 3 is 2.19 bits per heavy atom. The molecule has 1 aliphatic rings. The number of benzene rings is 2. The molecule has 0 spiro atoms. The minimum Gasteiger partial charge on any atom is -0.349 e. The monoisotopic (exact) mass is 358 g/mol. The zero-order valence-corrected chi connectivity index (χ0v) is 14.2. The van der Waals surface area contributed by atoms with Crippen LogP contribution in [-0.2, 0) is 0 Å². The van der Waals surface area contributed by atoms with Gasteiger partial charge in [0, 0.05) is 6.04 Å². The van der Waals surface area contributed by atoms with E-state index in [1.807, 2.05) is 0 Å². The second-order valence-electron chi connectivity index (χ2n) is 6.40. The van der Waals surface area contributed by atoms with Crippen LogP contribution in [0.1, 0.15) is 52.8 Å². The van der Waals surface area contributed by atoms with Crippen LogP contribution < -0.4 is 10.6 Å². The SMILES string of the molecule is O=C(NC1CCCCC1)c1ccccc1NC(=O)c1c(F)cccc1F. The van der Waals surface area contributed by atoms with Crippen LogP contribution in [0, 0.1) is 11.6 Å². The van der Waals surface area contributed by atoms with Gasteiger partial charge in [-0.15, -0.1) is 0 Å². The van der Waals surface area contributed by atoms with Crippen LogP contribution in [0.3, 0.4) is 0 Å². The van der Waals surface area contributed by atoms with Crippen molar-refractivity contribution in [3.8, 4) is 0 Å². The Kier molecular flexibility index (Phi) is 5.61. The molecule has 136 valence electrons. The van der Waals surface area contributed by atoms with E-state index in [0.29, 0.717) is 0 Å². The highest BCUT2D eigenvalue weighted by Crippen LogP contribution is 2.21. The number of halogens is 2. The number of carbonyl (C=O) groups excluding carboxylic acids is 2. The molecular formula is C20H20F2N2O2. The molecule has 2 amide bonds. The number of hydrogen-bond donors (Lipinski definition) is 2. The van der Waals surface area contributed by atoms with E-state index in [4.69, 9.17) is 0 Å². The van der Waals surface area contributed by atoms with Crippen LogP contribution in [0.2, 0.25) is 0 Å². The van der Waals surface area contributed by atoms with E-state index < -0.39 is 23.1 Å². The molecule has 1 fully saturated rings. The maximum absolute atomic E-state index is 13.8. The van der Waals surface area contributed by atoms with E-state index in [0.717, 1.165) is 37.8 Å². The summed E-state index contributed by atoms with van der Waals surface area (Å²) in [7, 11) is 0. The van der Waals surface area contributed by atoms with Crippen molar-refractivity contribution in [2.45, 2.75) is 38.1 Å². The molecule has 6 heteroatoms. The van der Waals surface area contributed by atoms with Crippen LogP contribution in [-0.4, -0.2) is 17.9 Å². The zero-order chi connectivity index (χ0) is 18.5. The van der Waals surface area contributed by atoms with Crippen LogP contribution in [0.15, 0.2) is 42.5 Å². The normalized spacial score (nSPS) is 14.7. The first kappa shape index (κ1) is 18.0. The lowest BCUT2D eigenvalue weighted by atomic mass is 9.95. The van der Waals surface area contributed by atoms with E-state index >= 15 is 0 Å². The molecule has 0 aromatic heterocycles. The molecule has 0 saturated heterocycles. The largest absolute Gasteiger partial charge is 0.349 e. The third-order valence-corrected chi connectivity index (χ3v) is 4.55. The van der Waals surface area contributed by atoms with Gasteiger partial charge >= 0.3 is 0 Å². The molecule has 0 atom stereocenters. The summed E-state index contributed by atoms with van der Waals surface area (Å²) < 4.78 is 27.6. The summed E-state index contributed by atoms with van der Waals surface area (Å²) in [5, 5.41) is 5.42. The lowest BCUT2D eigenvalue weighted by Gasteiger charge is -2.23. The molecule has 2 N–H and O–H groups in total. The van der Waals surface area contributed by atoms with E-state index in [2.05, 4.69) is 10.6 Å². The highest BCUT2D eigenvalue weighted by molar-refractivity contribution is 6.09. The van der Waals surface area contributed by atoms with Crippen LogP contribution in [0.25, 0.3) is 0 Å². The Morgan fingerprint density at radius 1 is 0.846 bits per heavy atom. The molecule has 1 aliphatic carbocycles. The summed E-state index contributed by atoms with van der Waals surface area (Å²) in [4.78, 5) is 24.9. The van der Waals surface area contributed by atoms with E-state index in [-0.39, 0.29) is 23.2 Å². The molecule has 0 heterocycles. The molecule has 1 saturated carbocycles. The van der Waals surface area contributed by atoms with Crippen molar-refractivity contribution in [2.75, 3.05) is 5.32 Å². The van der Waals surface area contributed by atoms with Gasteiger partial charge in [0.1, 0.15) is 17.2 Å². The van der Waals surface area contributed by atoms with Gasteiger partial charge in [-0.2, -0.15) is 0 Å². The molecule has 0 aliphatic heterocycles. The van der Waals surface area contributed by atoms with Crippen molar-refractivity contribution < 1.29 is 18.4 Å². The maximum Gasteiger partial charge on any atom is 0.261 e. The van der Waals surface area contributed by atoms with Crippen LogP contribution >= 0.6 is 0 Å². The molecule has 3 rings (SSSR count). The van der Waals surface area contributed by atoms with Gasteiger partial charge < -0.3 is 10.6 Å². The predicted molar refractivity (Wildman–Crippen MR) is 95.1 cm³/mol. The first-order valence-electron chi connectivity index (χ1n) is 8.71. The smallest absolute Gasteiger partial charge is 0.261 e. The fraction of sp³-hybridized carbons (Fsp3) is 0.300. The number of para-hydroxylation sites is 1. The Hall–Kier alpha value is -2.76. The Morgan fingerprint density at radius 2 is 1.50 bits per heavy atom. The lowest BCUT2D eigenvalue weighted by Crippen LogP contribution is -2.36. The Labute approximate surface area is 150 Å².